The predicted molar refractivity (Wildman–Crippen MR) is 111 cm³/mol. The number of likely N-dealkylation sites (N-methyl/N-ethyl adjacent to an activating group) is 1. The number of hydrogen-bond acceptors (Lipinski definition) is 4. The Morgan fingerprint density at radius 3 is 2.21 bits per heavy atom. The van der Waals surface area contributed by atoms with Gasteiger partial charge in [-0.1, -0.05) is 42.5 Å². The van der Waals surface area contributed by atoms with Crippen LogP contribution in [0.15, 0.2) is 54.6 Å². The molecule has 0 bridgehead atoms. The van der Waals surface area contributed by atoms with Crippen LogP contribution in [-0.2, 0) is 22.5 Å². The number of hydrogen-bond donors (Lipinski definition) is 2. The number of alkyl carbamates (subject to hydrolysis) is 1. The fourth-order valence-electron chi connectivity index (χ4n) is 2.74. The first-order valence-electron chi connectivity index (χ1n) is 9.27. The van der Waals surface area contributed by atoms with Gasteiger partial charge in [0.25, 0.3) is 0 Å². The molecule has 0 aliphatic carbocycles. The monoisotopic (exact) mass is 383 g/mol. The molecule has 0 saturated carbocycles. The molecule has 2 amide bonds. The van der Waals surface area contributed by atoms with E-state index in [1.165, 1.54) is 0 Å². The predicted octanol–water partition coefficient (Wildman–Crippen LogP) is 3.36. The summed E-state index contributed by atoms with van der Waals surface area (Å²) in [6.45, 7) is 5.80. The maximum absolute atomic E-state index is 13.1. The van der Waals surface area contributed by atoms with Crippen molar-refractivity contribution < 1.29 is 14.3 Å². The molecule has 2 rings (SSSR count). The lowest BCUT2D eigenvalue weighted by Gasteiger charge is -2.26. The van der Waals surface area contributed by atoms with Crippen LogP contribution in [0, 0.1) is 0 Å². The van der Waals surface area contributed by atoms with Gasteiger partial charge in [-0.15, -0.1) is 0 Å². The van der Waals surface area contributed by atoms with Gasteiger partial charge in [0, 0.05) is 25.7 Å². The molecular weight excluding hydrogens is 354 g/mol. The fourth-order valence-corrected chi connectivity index (χ4v) is 2.74. The Bertz CT molecular complexity index is 783. The molecule has 6 heteroatoms. The zero-order chi connectivity index (χ0) is 20.7. The lowest BCUT2D eigenvalue weighted by molar-refractivity contribution is -0.132. The van der Waals surface area contributed by atoms with E-state index in [9.17, 15) is 9.59 Å². The van der Waals surface area contributed by atoms with E-state index >= 15 is 0 Å². The van der Waals surface area contributed by atoms with Crippen molar-refractivity contribution >= 4 is 17.7 Å². The van der Waals surface area contributed by atoms with E-state index < -0.39 is 17.7 Å². The van der Waals surface area contributed by atoms with Crippen LogP contribution in [-0.4, -0.2) is 35.6 Å². The van der Waals surface area contributed by atoms with E-state index in [0.29, 0.717) is 18.7 Å². The number of carbonyl (C=O) groups is 2. The van der Waals surface area contributed by atoms with Crippen molar-refractivity contribution in [1.29, 1.82) is 0 Å². The molecule has 0 aliphatic heterocycles. The quantitative estimate of drug-likeness (QED) is 0.749. The van der Waals surface area contributed by atoms with Crippen LogP contribution in [0.5, 0.6) is 0 Å². The summed E-state index contributed by atoms with van der Waals surface area (Å²) in [6.07, 6.45) is -0.272. The number of anilines is 1. The zero-order valence-electron chi connectivity index (χ0n) is 16.9. The van der Waals surface area contributed by atoms with E-state index in [-0.39, 0.29) is 5.91 Å². The Kier molecular flexibility index (Phi) is 7.04. The molecule has 6 nitrogen and oxygen atoms in total. The van der Waals surface area contributed by atoms with E-state index in [2.05, 4.69) is 5.32 Å². The van der Waals surface area contributed by atoms with Crippen molar-refractivity contribution in [2.75, 3.05) is 12.8 Å². The molecule has 1 atom stereocenters. The van der Waals surface area contributed by atoms with Crippen molar-refractivity contribution in [3.8, 4) is 0 Å². The number of rotatable bonds is 6. The third-order valence-corrected chi connectivity index (χ3v) is 4.05. The summed E-state index contributed by atoms with van der Waals surface area (Å²) in [5.41, 5.74) is 7.65. The summed E-state index contributed by atoms with van der Waals surface area (Å²) in [7, 11) is 1.72. The van der Waals surface area contributed by atoms with Crippen LogP contribution in [0.25, 0.3) is 0 Å². The summed E-state index contributed by atoms with van der Waals surface area (Å²) in [6, 6.07) is 16.2. The van der Waals surface area contributed by atoms with Gasteiger partial charge < -0.3 is 20.7 Å². The van der Waals surface area contributed by atoms with Gasteiger partial charge in [-0.05, 0) is 44.0 Å². The Hall–Kier alpha value is -3.02. The topological polar surface area (TPSA) is 84.7 Å². The number of carbonyl (C=O) groups excluding carboxylic acids is 2. The maximum Gasteiger partial charge on any atom is 0.408 e. The van der Waals surface area contributed by atoms with Crippen LogP contribution in [0.4, 0.5) is 10.5 Å². The summed E-state index contributed by atoms with van der Waals surface area (Å²) in [4.78, 5) is 26.9. The second kappa shape index (κ2) is 9.26. The summed E-state index contributed by atoms with van der Waals surface area (Å²) >= 11 is 0. The molecule has 0 fully saturated rings. The van der Waals surface area contributed by atoms with Crippen LogP contribution < -0.4 is 11.1 Å². The SMILES string of the molecule is CN(Cc1ccccc1)C(=O)C(Cc1ccc(N)cc1)NC(=O)OC(C)(C)C. The average Bonchev–Trinajstić information content (AvgIpc) is 2.61. The first-order chi connectivity index (χ1) is 13.1. The first kappa shape index (κ1) is 21.3. The molecule has 2 aromatic rings. The van der Waals surface area contributed by atoms with Gasteiger partial charge in [0.15, 0.2) is 0 Å². The molecule has 0 aliphatic rings. The van der Waals surface area contributed by atoms with Gasteiger partial charge in [0.2, 0.25) is 5.91 Å². The lowest BCUT2D eigenvalue weighted by Crippen LogP contribution is -2.49. The standard InChI is InChI=1S/C22H29N3O3/c1-22(2,3)28-21(27)24-19(14-16-10-12-18(23)13-11-16)20(26)25(4)15-17-8-6-5-7-9-17/h5-13,19H,14-15,23H2,1-4H3,(H,24,27). The van der Waals surface area contributed by atoms with Gasteiger partial charge >= 0.3 is 6.09 Å². The molecule has 0 spiro atoms. The van der Waals surface area contributed by atoms with E-state index in [1.54, 1.807) is 44.9 Å². The summed E-state index contributed by atoms with van der Waals surface area (Å²) < 4.78 is 5.33. The number of nitrogens with one attached hydrogen (secondary N) is 1. The fraction of sp³-hybridized carbons (Fsp3) is 0.364. The van der Waals surface area contributed by atoms with Gasteiger partial charge in [-0.3, -0.25) is 4.79 Å². The van der Waals surface area contributed by atoms with Crippen LogP contribution in [0.3, 0.4) is 0 Å². The average molecular weight is 383 g/mol. The number of nitrogens with two attached hydrogens (primary N) is 1. The Balaban J connectivity index is 2.14. The van der Waals surface area contributed by atoms with Gasteiger partial charge in [0.1, 0.15) is 11.6 Å². The second-order valence-electron chi connectivity index (χ2n) is 7.82. The highest BCUT2D eigenvalue weighted by Gasteiger charge is 2.27. The molecule has 0 radical (unpaired) electrons. The zero-order valence-corrected chi connectivity index (χ0v) is 16.9. The van der Waals surface area contributed by atoms with Gasteiger partial charge in [-0.25, -0.2) is 4.79 Å². The normalized spacial score (nSPS) is 12.1. The van der Waals surface area contributed by atoms with Crippen molar-refractivity contribution in [3.05, 3.63) is 65.7 Å². The minimum atomic E-state index is -0.743. The highest BCUT2D eigenvalue weighted by atomic mass is 16.6. The van der Waals surface area contributed by atoms with Gasteiger partial charge in [0.05, 0.1) is 0 Å². The maximum atomic E-state index is 13.1. The Morgan fingerprint density at radius 1 is 1.04 bits per heavy atom. The first-order valence-corrected chi connectivity index (χ1v) is 9.27. The van der Waals surface area contributed by atoms with Crippen molar-refractivity contribution in [2.24, 2.45) is 0 Å². The smallest absolute Gasteiger partial charge is 0.408 e. The van der Waals surface area contributed by atoms with Gasteiger partial charge in [-0.2, -0.15) is 0 Å². The molecule has 2 aromatic carbocycles. The molecule has 150 valence electrons. The number of benzene rings is 2. The van der Waals surface area contributed by atoms with E-state index in [4.69, 9.17) is 10.5 Å². The Labute approximate surface area is 166 Å². The Morgan fingerprint density at radius 2 is 1.64 bits per heavy atom. The lowest BCUT2D eigenvalue weighted by atomic mass is 10.0. The molecule has 0 heterocycles. The molecule has 3 N–H and O–H groups in total. The van der Waals surface area contributed by atoms with Crippen molar-refractivity contribution in [3.63, 3.8) is 0 Å². The molecular formula is C22H29N3O3. The number of nitrogens with zero attached hydrogens (tertiary/aromatic N) is 1. The largest absolute Gasteiger partial charge is 0.444 e. The minimum Gasteiger partial charge on any atom is -0.444 e. The molecule has 28 heavy (non-hydrogen) atoms. The van der Waals surface area contributed by atoms with E-state index in [1.807, 2.05) is 42.5 Å². The van der Waals surface area contributed by atoms with Crippen LogP contribution >= 0.6 is 0 Å². The van der Waals surface area contributed by atoms with E-state index in [0.717, 1.165) is 11.1 Å². The van der Waals surface area contributed by atoms with Crippen LogP contribution in [0.1, 0.15) is 31.9 Å². The van der Waals surface area contributed by atoms with Crippen molar-refractivity contribution in [1.82, 2.24) is 10.2 Å². The van der Waals surface area contributed by atoms with Crippen LogP contribution in [0.2, 0.25) is 0 Å². The molecule has 0 aromatic heterocycles. The van der Waals surface area contributed by atoms with Crippen molar-refractivity contribution in [2.45, 2.75) is 45.4 Å². The highest BCUT2D eigenvalue weighted by molar-refractivity contribution is 5.86. The number of amides is 2. The number of nitrogen functional groups attached to an aromatic ring is 1. The highest BCUT2D eigenvalue weighted by Crippen LogP contribution is 2.12. The summed E-state index contributed by atoms with van der Waals surface area (Å²) in [5.74, 6) is -0.188. The second-order valence-corrected chi connectivity index (χ2v) is 7.82. The number of ether oxygens (including phenoxy) is 1. The summed E-state index contributed by atoms with van der Waals surface area (Å²) in [5, 5.41) is 2.72. The minimum absolute atomic E-state index is 0.188. The third kappa shape index (κ3) is 6.95. The molecule has 0 saturated heterocycles. The molecule has 1 unspecified atom stereocenters. The third-order valence-electron chi connectivity index (χ3n) is 4.05.